The van der Waals surface area contributed by atoms with Crippen molar-refractivity contribution in [1.82, 2.24) is 4.90 Å². The van der Waals surface area contributed by atoms with Crippen LogP contribution in [-0.4, -0.2) is 37.1 Å². The molecule has 0 atom stereocenters. The highest BCUT2D eigenvalue weighted by molar-refractivity contribution is 6.32. The average Bonchev–Trinajstić information content (AvgIpc) is 3.42. The maximum absolute atomic E-state index is 12.7. The number of ether oxygens (including phenoxy) is 2. The van der Waals surface area contributed by atoms with Gasteiger partial charge in [0, 0.05) is 13.1 Å². The highest BCUT2D eigenvalue weighted by Crippen LogP contribution is 2.47. The number of benzene rings is 1. The topological polar surface area (TPSA) is 38.8 Å². The molecule has 4 nitrogen and oxygen atoms in total. The largest absolute Gasteiger partial charge is 0.486 e. The number of likely N-dealkylation sites (N-methyl/N-ethyl adjacent to an activating group) is 1. The SMILES string of the molecule is CN(C(=O)Cc1cc(Cl)c2c(c1)OCCO2)C(C1CC1)C1CC1. The molecule has 4 rings (SSSR count). The second kappa shape index (κ2) is 5.90. The lowest BCUT2D eigenvalue weighted by Gasteiger charge is -2.29. The number of carbonyl (C=O) groups is 1. The van der Waals surface area contributed by atoms with Gasteiger partial charge < -0.3 is 14.4 Å². The molecule has 1 amide bonds. The quantitative estimate of drug-likeness (QED) is 0.828. The molecule has 1 heterocycles. The zero-order chi connectivity index (χ0) is 16.0. The fourth-order valence-electron chi connectivity index (χ4n) is 3.62. The van der Waals surface area contributed by atoms with Gasteiger partial charge in [0.05, 0.1) is 11.4 Å². The van der Waals surface area contributed by atoms with Crippen LogP contribution < -0.4 is 9.47 Å². The zero-order valence-electron chi connectivity index (χ0n) is 13.4. The normalized spacial score (nSPS) is 19.8. The van der Waals surface area contributed by atoms with Gasteiger partial charge in [0.2, 0.25) is 5.91 Å². The molecule has 0 bridgehead atoms. The minimum absolute atomic E-state index is 0.168. The molecule has 2 fully saturated rings. The van der Waals surface area contributed by atoms with Gasteiger partial charge in [-0.3, -0.25) is 4.79 Å². The Balaban J connectivity index is 1.48. The first-order valence-electron chi connectivity index (χ1n) is 8.47. The standard InChI is InChI=1S/C18H22ClNO3/c1-20(17(12-2-3-12)13-4-5-13)16(21)10-11-8-14(19)18-15(9-11)22-6-7-23-18/h8-9,12-13,17H,2-7,10H2,1H3. The van der Waals surface area contributed by atoms with E-state index in [1.807, 2.05) is 24.1 Å². The number of hydrogen-bond acceptors (Lipinski definition) is 3. The van der Waals surface area contributed by atoms with Gasteiger partial charge in [-0.2, -0.15) is 0 Å². The summed E-state index contributed by atoms with van der Waals surface area (Å²) in [6, 6.07) is 4.15. The molecule has 2 aliphatic carbocycles. The van der Waals surface area contributed by atoms with Crippen molar-refractivity contribution in [2.75, 3.05) is 20.3 Å². The monoisotopic (exact) mass is 335 g/mol. The Morgan fingerprint density at radius 1 is 1.22 bits per heavy atom. The Morgan fingerprint density at radius 2 is 1.87 bits per heavy atom. The van der Waals surface area contributed by atoms with Crippen molar-refractivity contribution in [3.05, 3.63) is 22.7 Å². The summed E-state index contributed by atoms with van der Waals surface area (Å²) in [5.41, 5.74) is 0.890. The van der Waals surface area contributed by atoms with E-state index in [4.69, 9.17) is 21.1 Å². The molecule has 2 saturated carbocycles. The van der Waals surface area contributed by atoms with Gasteiger partial charge in [0.1, 0.15) is 13.2 Å². The van der Waals surface area contributed by atoms with E-state index >= 15 is 0 Å². The Kier molecular flexibility index (Phi) is 3.88. The molecule has 0 N–H and O–H groups in total. The molecule has 1 aliphatic heterocycles. The third-order valence-electron chi connectivity index (χ3n) is 5.06. The van der Waals surface area contributed by atoms with Crippen molar-refractivity contribution in [3.8, 4) is 11.5 Å². The third-order valence-corrected chi connectivity index (χ3v) is 5.34. The molecule has 124 valence electrons. The molecule has 0 spiro atoms. The van der Waals surface area contributed by atoms with E-state index < -0.39 is 0 Å². The van der Waals surface area contributed by atoms with Gasteiger partial charge in [-0.25, -0.2) is 0 Å². The van der Waals surface area contributed by atoms with Crippen molar-refractivity contribution in [3.63, 3.8) is 0 Å². The molecule has 0 radical (unpaired) electrons. The van der Waals surface area contributed by atoms with Gasteiger partial charge in [0.25, 0.3) is 0 Å². The van der Waals surface area contributed by atoms with Crippen LogP contribution in [0.2, 0.25) is 5.02 Å². The Hall–Kier alpha value is -1.42. The summed E-state index contributed by atoms with van der Waals surface area (Å²) < 4.78 is 11.1. The van der Waals surface area contributed by atoms with E-state index in [2.05, 4.69) is 0 Å². The molecule has 1 aromatic rings. The number of fused-ring (bicyclic) bond motifs is 1. The fraction of sp³-hybridized carbons (Fsp3) is 0.611. The average molecular weight is 336 g/mol. The van der Waals surface area contributed by atoms with Crippen LogP contribution in [0.3, 0.4) is 0 Å². The lowest BCUT2D eigenvalue weighted by atomic mass is 10.0. The van der Waals surface area contributed by atoms with E-state index in [1.165, 1.54) is 25.7 Å². The Bertz CT molecular complexity index is 613. The van der Waals surface area contributed by atoms with Crippen LogP contribution in [-0.2, 0) is 11.2 Å². The summed E-state index contributed by atoms with van der Waals surface area (Å²) >= 11 is 6.26. The van der Waals surface area contributed by atoms with Gasteiger partial charge >= 0.3 is 0 Å². The molecule has 0 saturated heterocycles. The fourth-order valence-corrected chi connectivity index (χ4v) is 3.91. The van der Waals surface area contributed by atoms with Gasteiger partial charge in [0.15, 0.2) is 11.5 Å². The summed E-state index contributed by atoms with van der Waals surface area (Å²) in [5, 5.41) is 0.522. The number of carbonyl (C=O) groups excluding carboxylic acids is 1. The minimum atomic E-state index is 0.168. The second-order valence-electron chi connectivity index (χ2n) is 6.95. The molecule has 1 aromatic carbocycles. The van der Waals surface area contributed by atoms with Crippen LogP contribution in [0.4, 0.5) is 0 Å². The minimum Gasteiger partial charge on any atom is -0.486 e. The van der Waals surface area contributed by atoms with Crippen molar-refractivity contribution in [1.29, 1.82) is 0 Å². The Labute approximate surface area is 141 Å². The lowest BCUT2D eigenvalue weighted by molar-refractivity contribution is -0.132. The summed E-state index contributed by atoms with van der Waals surface area (Å²) in [4.78, 5) is 14.7. The van der Waals surface area contributed by atoms with Crippen molar-refractivity contribution < 1.29 is 14.3 Å². The van der Waals surface area contributed by atoms with Crippen LogP contribution in [0.5, 0.6) is 11.5 Å². The number of halogens is 1. The summed E-state index contributed by atoms with van der Waals surface area (Å²) in [6.07, 6.45) is 5.45. The van der Waals surface area contributed by atoms with Gasteiger partial charge in [-0.05, 0) is 55.2 Å². The maximum Gasteiger partial charge on any atom is 0.227 e. The third kappa shape index (κ3) is 3.14. The van der Waals surface area contributed by atoms with Crippen LogP contribution in [0, 0.1) is 11.8 Å². The Morgan fingerprint density at radius 3 is 2.52 bits per heavy atom. The zero-order valence-corrected chi connectivity index (χ0v) is 14.1. The van der Waals surface area contributed by atoms with E-state index in [1.54, 1.807) is 0 Å². The van der Waals surface area contributed by atoms with E-state index in [9.17, 15) is 4.79 Å². The van der Waals surface area contributed by atoms with Crippen LogP contribution in [0.25, 0.3) is 0 Å². The number of rotatable bonds is 5. The van der Waals surface area contributed by atoms with Crippen molar-refractivity contribution in [2.24, 2.45) is 11.8 Å². The first-order valence-corrected chi connectivity index (χ1v) is 8.85. The van der Waals surface area contributed by atoms with Crippen LogP contribution in [0.1, 0.15) is 31.2 Å². The lowest BCUT2D eigenvalue weighted by Crippen LogP contribution is -2.40. The molecule has 23 heavy (non-hydrogen) atoms. The highest BCUT2D eigenvalue weighted by atomic mass is 35.5. The summed E-state index contributed by atoms with van der Waals surface area (Å²) in [5.74, 6) is 2.86. The van der Waals surface area contributed by atoms with Crippen molar-refractivity contribution in [2.45, 2.75) is 38.1 Å². The maximum atomic E-state index is 12.7. The molecule has 5 heteroatoms. The van der Waals surface area contributed by atoms with Gasteiger partial charge in [-0.15, -0.1) is 0 Å². The highest BCUT2D eigenvalue weighted by Gasteiger charge is 2.44. The van der Waals surface area contributed by atoms with Crippen LogP contribution >= 0.6 is 11.6 Å². The molecular formula is C18H22ClNO3. The number of amides is 1. The van der Waals surface area contributed by atoms with E-state index in [0.29, 0.717) is 42.2 Å². The van der Waals surface area contributed by atoms with E-state index in [-0.39, 0.29) is 5.91 Å². The summed E-state index contributed by atoms with van der Waals surface area (Å²) in [6.45, 7) is 1.03. The predicted molar refractivity (Wildman–Crippen MR) is 88.2 cm³/mol. The number of nitrogens with zero attached hydrogens (tertiary/aromatic N) is 1. The number of hydrogen-bond donors (Lipinski definition) is 0. The first kappa shape index (κ1) is 15.1. The van der Waals surface area contributed by atoms with Gasteiger partial charge in [-0.1, -0.05) is 11.6 Å². The molecule has 0 aromatic heterocycles. The van der Waals surface area contributed by atoms with E-state index in [0.717, 1.165) is 17.4 Å². The smallest absolute Gasteiger partial charge is 0.227 e. The predicted octanol–water partition coefficient (Wildman–Crippen LogP) is 3.30. The first-order chi connectivity index (χ1) is 11.1. The van der Waals surface area contributed by atoms with Crippen LogP contribution in [0.15, 0.2) is 12.1 Å². The second-order valence-corrected chi connectivity index (χ2v) is 7.36. The van der Waals surface area contributed by atoms with Crippen molar-refractivity contribution >= 4 is 17.5 Å². The summed E-state index contributed by atoms with van der Waals surface area (Å²) in [7, 11) is 1.96. The molecule has 3 aliphatic rings. The molecule has 0 unspecified atom stereocenters. The molecular weight excluding hydrogens is 314 g/mol.